The van der Waals surface area contributed by atoms with Gasteiger partial charge in [-0.3, -0.25) is 9.59 Å². The summed E-state index contributed by atoms with van der Waals surface area (Å²) < 4.78 is 40.7. The van der Waals surface area contributed by atoms with E-state index in [0.717, 1.165) is 18.2 Å². The van der Waals surface area contributed by atoms with Crippen molar-refractivity contribution in [2.24, 2.45) is 0 Å². The standard InChI is InChI=1S/C20H18FN3O4S2/c1-2-22-30(27,28)15-8-9-17(21)16(12-15)19(25)23-13-5-3-6-14(11-13)24-20(26)18-7-4-10-29-18/h3-12,22H,2H2,1H3,(H,23,25)(H,24,26). The Balaban J connectivity index is 1.79. The molecule has 0 saturated heterocycles. The first-order valence-corrected chi connectivity index (χ1v) is 11.2. The van der Waals surface area contributed by atoms with Crippen LogP contribution in [0.5, 0.6) is 0 Å². The third-order valence-electron chi connectivity index (χ3n) is 3.95. The fraction of sp³-hybridized carbons (Fsp3) is 0.100. The Hall–Kier alpha value is -3.08. The minimum absolute atomic E-state index is 0.158. The first kappa shape index (κ1) is 21.6. The Morgan fingerprint density at radius 2 is 1.67 bits per heavy atom. The molecule has 3 N–H and O–H groups in total. The number of rotatable bonds is 7. The van der Waals surface area contributed by atoms with Crippen LogP contribution in [-0.4, -0.2) is 26.8 Å². The molecule has 2 aromatic carbocycles. The van der Waals surface area contributed by atoms with Gasteiger partial charge in [0.25, 0.3) is 11.8 Å². The molecule has 1 heterocycles. The summed E-state index contributed by atoms with van der Waals surface area (Å²) in [5.74, 6) is -1.96. The molecule has 3 rings (SSSR count). The Bertz CT molecular complexity index is 1180. The molecule has 30 heavy (non-hydrogen) atoms. The summed E-state index contributed by atoms with van der Waals surface area (Å²) in [6.07, 6.45) is 0. The number of benzene rings is 2. The van der Waals surface area contributed by atoms with E-state index in [4.69, 9.17) is 0 Å². The topological polar surface area (TPSA) is 104 Å². The zero-order valence-corrected chi connectivity index (χ0v) is 17.4. The molecular weight excluding hydrogens is 429 g/mol. The van der Waals surface area contributed by atoms with Crippen LogP contribution in [-0.2, 0) is 10.0 Å². The second-order valence-corrected chi connectivity index (χ2v) is 8.82. The summed E-state index contributed by atoms with van der Waals surface area (Å²) in [6.45, 7) is 1.77. The van der Waals surface area contributed by atoms with Gasteiger partial charge in [0, 0.05) is 17.9 Å². The predicted octanol–water partition coefficient (Wildman–Crippen LogP) is 3.69. The average Bonchev–Trinajstić information content (AvgIpc) is 3.23. The SMILES string of the molecule is CCNS(=O)(=O)c1ccc(F)c(C(=O)Nc2cccc(NC(=O)c3cccs3)c2)c1. The molecular formula is C20H18FN3O4S2. The van der Waals surface area contributed by atoms with E-state index in [1.54, 1.807) is 42.6 Å². The molecule has 0 fully saturated rings. The van der Waals surface area contributed by atoms with Crippen molar-refractivity contribution in [1.29, 1.82) is 0 Å². The van der Waals surface area contributed by atoms with Crippen molar-refractivity contribution in [1.82, 2.24) is 4.72 Å². The number of anilines is 2. The molecule has 0 unspecified atom stereocenters. The maximum atomic E-state index is 14.2. The zero-order valence-electron chi connectivity index (χ0n) is 15.8. The van der Waals surface area contributed by atoms with Crippen molar-refractivity contribution < 1.29 is 22.4 Å². The summed E-state index contributed by atoms with van der Waals surface area (Å²) in [7, 11) is -3.84. The summed E-state index contributed by atoms with van der Waals surface area (Å²) in [4.78, 5) is 25.0. The van der Waals surface area contributed by atoms with E-state index in [1.165, 1.54) is 17.4 Å². The molecule has 0 atom stereocenters. The number of hydrogen-bond acceptors (Lipinski definition) is 5. The van der Waals surface area contributed by atoms with Crippen molar-refractivity contribution in [2.75, 3.05) is 17.2 Å². The van der Waals surface area contributed by atoms with Crippen LogP contribution < -0.4 is 15.4 Å². The van der Waals surface area contributed by atoms with E-state index in [0.29, 0.717) is 16.3 Å². The third kappa shape index (κ3) is 5.09. The van der Waals surface area contributed by atoms with Crippen LogP contribution in [0.15, 0.2) is 64.9 Å². The Kier molecular flexibility index (Phi) is 6.60. The minimum Gasteiger partial charge on any atom is -0.322 e. The van der Waals surface area contributed by atoms with Gasteiger partial charge in [0.2, 0.25) is 10.0 Å². The van der Waals surface area contributed by atoms with Gasteiger partial charge >= 0.3 is 0 Å². The van der Waals surface area contributed by atoms with Crippen molar-refractivity contribution >= 4 is 44.5 Å². The molecule has 0 radical (unpaired) electrons. The highest BCUT2D eigenvalue weighted by molar-refractivity contribution is 7.89. The smallest absolute Gasteiger partial charge is 0.265 e. The molecule has 0 aliphatic rings. The van der Waals surface area contributed by atoms with E-state index < -0.39 is 27.3 Å². The van der Waals surface area contributed by atoms with Gasteiger partial charge in [-0.2, -0.15) is 0 Å². The molecule has 2 amide bonds. The lowest BCUT2D eigenvalue weighted by Gasteiger charge is -2.10. The van der Waals surface area contributed by atoms with Gasteiger partial charge in [-0.1, -0.05) is 19.1 Å². The van der Waals surface area contributed by atoms with Gasteiger partial charge in [0.1, 0.15) is 5.82 Å². The fourth-order valence-electron chi connectivity index (χ4n) is 2.59. The zero-order chi connectivity index (χ0) is 21.7. The number of halogens is 1. The number of thiophene rings is 1. The van der Waals surface area contributed by atoms with Crippen LogP contribution in [0.1, 0.15) is 27.0 Å². The molecule has 0 saturated carbocycles. The number of carbonyl (C=O) groups is 2. The number of nitrogens with one attached hydrogen (secondary N) is 3. The quantitative estimate of drug-likeness (QED) is 0.514. The summed E-state index contributed by atoms with van der Waals surface area (Å²) in [5, 5.41) is 7.01. The lowest BCUT2D eigenvalue weighted by molar-refractivity contribution is 0.101. The van der Waals surface area contributed by atoms with Gasteiger partial charge in [0.15, 0.2) is 0 Å². The van der Waals surface area contributed by atoms with E-state index in [-0.39, 0.29) is 17.3 Å². The van der Waals surface area contributed by atoms with E-state index >= 15 is 0 Å². The van der Waals surface area contributed by atoms with E-state index in [1.807, 2.05) is 0 Å². The van der Waals surface area contributed by atoms with Crippen molar-refractivity contribution in [3.63, 3.8) is 0 Å². The highest BCUT2D eigenvalue weighted by Gasteiger charge is 2.19. The largest absolute Gasteiger partial charge is 0.322 e. The number of hydrogen-bond donors (Lipinski definition) is 3. The fourth-order valence-corrected chi connectivity index (χ4v) is 4.28. The Labute approximate surface area is 177 Å². The van der Waals surface area contributed by atoms with Crippen LogP contribution in [0.25, 0.3) is 0 Å². The highest BCUT2D eigenvalue weighted by atomic mass is 32.2. The molecule has 0 aliphatic carbocycles. The van der Waals surface area contributed by atoms with Crippen molar-refractivity contribution in [3.8, 4) is 0 Å². The van der Waals surface area contributed by atoms with Crippen molar-refractivity contribution in [3.05, 3.63) is 76.2 Å². The van der Waals surface area contributed by atoms with E-state index in [9.17, 15) is 22.4 Å². The number of amides is 2. The lowest BCUT2D eigenvalue weighted by Crippen LogP contribution is -2.24. The van der Waals surface area contributed by atoms with Gasteiger partial charge in [-0.05, 0) is 47.8 Å². The van der Waals surface area contributed by atoms with Gasteiger partial charge < -0.3 is 10.6 Å². The average molecular weight is 448 g/mol. The summed E-state index contributed by atoms with van der Waals surface area (Å²) in [5.41, 5.74) is 0.334. The predicted molar refractivity (Wildman–Crippen MR) is 114 cm³/mol. The van der Waals surface area contributed by atoms with Crippen LogP contribution in [0.2, 0.25) is 0 Å². The highest BCUT2D eigenvalue weighted by Crippen LogP contribution is 2.20. The van der Waals surface area contributed by atoms with Crippen molar-refractivity contribution in [2.45, 2.75) is 11.8 Å². The maximum absolute atomic E-state index is 14.2. The minimum atomic E-state index is -3.84. The van der Waals surface area contributed by atoms with Crippen LogP contribution in [0.3, 0.4) is 0 Å². The summed E-state index contributed by atoms with van der Waals surface area (Å²) >= 11 is 1.29. The van der Waals surface area contributed by atoms with Gasteiger partial charge in [-0.15, -0.1) is 11.3 Å². The molecule has 1 aromatic heterocycles. The van der Waals surface area contributed by atoms with Gasteiger partial charge in [0.05, 0.1) is 15.3 Å². The number of carbonyl (C=O) groups excluding carboxylic acids is 2. The molecule has 0 bridgehead atoms. The normalized spacial score (nSPS) is 11.1. The van der Waals surface area contributed by atoms with Crippen LogP contribution >= 0.6 is 11.3 Å². The second kappa shape index (κ2) is 9.16. The van der Waals surface area contributed by atoms with Crippen LogP contribution in [0.4, 0.5) is 15.8 Å². The summed E-state index contributed by atoms with van der Waals surface area (Å²) in [6, 6.07) is 12.8. The molecule has 3 aromatic rings. The number of sulfonamides is 1. The third-order valence-corrected chi connectivity index (χ3v) is 6.36. The molecule has 7 nitrogen and oxygen atoms in total. The first-order chi connectivity index (χ1) is 14.3. The maximum Gasteiger partial charge on any atom is 0.265 e. The van der Waals surface area contributed by atoms with Gasteiger partial charge in [-0.25, -0.2) is 17.5 Å². The molecule has 10 heteroatoms. The molecule has 0 aliphatic heterocycles. The first-order valence-electron chi connectivity index (χ1n) is 8.85. The van der Waals surface area contributed by atoms with E-state index in [2.05, 4.69) is 15.4 Å². The molecule has 0 spiro atoms. The Morgan fingerprint density at radius 1 is 0.967 bits per heavy atom. The second-order valence-electron chi connectivity index (χ2n) is 6.11. The van der Waals surface area contributed by atoms with Crippen LogP contribution in [0, 0.1) is 5.82 Å². The Morgan fingerprint density at radius 3 is 2.30 bits per heavy atom. The monoisotopic (exact) mass is 447 g/mol. The lowest BCUT2D eigenvalue weighted by atomic mass is 10.2. The molecule has 156 valence electrons.